The molecule has 0 aliphatic rings. The summed E-state index contributed by atoms with van der Waals surface area (Å²) in [6.07, 6.45) is 4.01. The Morgan fingerprint density at radius 2 is 1.81 bits per heavy atom. The van der Waals surface area contributed by atoms with Crippen LogP contribution in [-0.2, 0) is 11.3 Å². The Morgan fingerprint density at radius 1 is 1.06 bits per heavy atom. The standard InChI is InChI=1S/C24H25N5O2/c1-4-21(23(30)26-14-18-10-8-9-13-25-18)28-16(2)20-15-27-29(19-11-6-5-7-12-19)24(31)22(20)17(28)3/h5-13,15,21H,4,14H2,1-3H3,(H,26,30)/t21-/m1/s1. The molecule has 0 fully saturated rings. The summed E-state index contributed by atoms with van der Waals surface area (Å²) in [7, 11) is 0. The van der Waals surface area contributed by atoms with Gasteiger partial charge in [-0.05, 0) is 44.5 Å². The van der Waals surface area contributed by atoms with E-state index in [0.717, 1.165) is 22.5 Å². The summed E-state index contributed by atoms with van der Waals surface area (Å²) in [5.41, 5.74) is 2.94. The Kier molecular flexibility index (Phi) is 5.66. The number of carbonyl (C=O) groups is 1. The van der Waals surface area contributed by atoms with Gasteiger partial charge in [0.15, 0.2) is 0 Å². The molecule has 1 amide bonds. The highest BCUT2D eigenvalue weighted by atomic mass is 16.2. The molecule has 0 spiro atoms. The number of aryl methyl sites for hydroxylation is 2. The number of amides is 1. The summed E-state index contributed by atoms with van der Waals surface area (Å²) in [6.45, 7) is 6.14. The summed E-state index contributed by atoms with van der Waals surface area (Å²) in [6, 6.07) is 14.5. The Morgan fingerprint density at radius 3 is 2.48 bits per heavy atom. The maximum atomic E-state index is 13.3. The molecule has 0 saturated carbocycles. The molecule has 3 aromatic heterocycles. The summed E-state index contributed by atoms with van der Waals surface area (Å²) < 4.78 is 3.36. The number of hydrogen-bond acceptors (Lipinski definition) is 4. The normalized spacial score (nSPS) is 12.1. The van der Waals surface area contributed by atoms with E-state index < -0.39 is 6.04 Å². The maximum Gasteiger partial charge on any atom is 0.281 e. The fraction of sp³-hybridized carbons (Fsp3) is 0.250. The van der Waals surface area contributed by atoms with Gasteiger partial charge in [-0.15, -0.1) is 0 Å². The number of nitrogens with zero attached hydrogens (tertiary/aromatic N) is 4. The lowest BCUT2D eigenvalue weighted by atomic mass is 10.2. The zero-order chi connectivity index (χ0) is 22.0. The molecule has 3 heterocycles. The van der Waals surface area contributed by atoms with Crippen LogP contribution in [0.5, 0.6) is 0 Å². The quantitative estimate of drug-likeness (QED) is 0.523. The molecule has 4 rings (SSSR count). The number of aromatic nitrogens is 4. The molecule has 7 heteroatoms. The minimum absolute atomic E-state index is 0.101. The lowest BCUT2D eigenvalue weighted by Gasteiger charge is -2.20. The second kappa shape index (κ2) is 8.55. The Hall–Kier alpha value is -3.74. The smallest absolute Gasteiger partial charge is 0.281 e. The number of pyridine rings is 1. The number of rotatable bonds is 6. The van der Waals surface area contributed by atoms with Crippen molar-refractivity contribution in [3.63, 3.8) is 0 Å². The highest BCUT2D eigenvalue weighted by molar-refractivity contribution is 5.89. The predicted molar refractivity (Wildman–Crippen MR) is 120 cm³/mol. The van der Waals surface area contributed by atoms with Gasteiger partial charge >= 0.3 is 0 Å². The molecule has 4 aromatic rings. The third-order valence-electron chi connectivity index (χ3n) is 5.62. The molecule has 0 aliphatic heterocycles. The number of hydrogen-bond donors (Lipinski definition) is 1. The Balaban J connectivity index is 1.73. The monoisotopic (exact) mass is 415 g/mol. The molecule has 0 aliphatic carbocycles. The van der Waals surface area contributed by atoms with Gasteiger partial charge < -0.3 is 9.88 Å². The van der Waals surface area contributed by atoms with Gasteiger partial charge in [0.1, 0.15) is 6.04 Å². The van der Waals surface area contributed by atoms with Crippen LogP contribution in [0, 0.1) is 13.8 Å². The van der Waals surface area contributed by atoms with Crippen molar-refractivity contribution in [3.8, 4) is 5.69 Å². The van der Waals surface area contributed by atoms with E-state index in [1.54, 1.807) is 12.4 Å². The average molecular weight is 415 g/mol. The number of carbonyl (C=O) groups excluding carboxylic acids is 1. The first-order valence-corrected chi connectivity index (χ1v) is 10.4. The molecule has 0 unspecified atom stereocenters. The van der Waals surface area contributed by atoms with Gasteiger partial charge in [0.05, 0.1) is 29.5 Å². The summed E-state index contributed by atoms with van der Waals surface area (Å²) in [4.78, 5) is 30.6. The molecule has 1 aromatic carbocycles. The van der Waals surface area contributed by atoms with Crippen LogP contribution in [0.15, 0.2) is 65.7 Å². The molecular formula is C24H25N5O2. The van der Waals surface area contributed by atoms with Crippen molar-refractivity contribution in [1.82, 2.24) is 24.6 Å². The highest BCUT2D eigenvalue weighted by Crippen LogP contribution is 2.28. The van der Waals surface area contributed by atoms with Crippen molar-refractivity contribution in [2.75, 3.05) is 0 Å². The van der Waals surface area contributed by atoms with E-state index in [4.69, 9.17) is 0 Å². The van der Waals surface area contributed by atoms with Crippen LogP contribution in [-0.4, -0.2) is 25.2 Å². The van der Waals surface area contributed by atoms with Crippen LogP contribution < -0.4 is 10.9 Å². The molecule has 31 heavy (non-hydrogen) atoms. The maximum absolute atomic E-state index is 13.3. The van der Waals surface area contributed by atoms with Gasteiger partial charge in [-0.3, -0.25) is 14.6 Å². The largest absolute Gasteiger partial charge is 0.349 e. The van der Waals surface area contributed by atoms with Crippen molar-refractivity contribution >= 4 is 16.7 Å². The van der Waals surface area contributed by atoms with Gasteiger partial charge in [0.25, 0.3) is 5.56 Å². The van der Waals surface area contributed by atoms with Crippen LogP contribution >= 0.6 is 0 Å². The van der Waals surface area contributed by atoms with Crippen molar-refractivity contribution in [1.29, 1.82) is 0 Å². The average Bonchev–Trinajstić information content (AvgIpc) is 3.05. The number of fused-ring (bicyclic) bond motifs is 1. The second-order valence-corrected chi connectivity index (χ2v) is 7.49. The summed E-state index contributed by atoms with van der Waals surface area (Å²) in [5, 5.41) is 8.72. The molecule has 1 atom stereocenters. The van der Waals surface area contributed by atoms with Gasteiger partial charge in [0.2, 0.25) is 5.91 Å². The minimum Gasteiger partial charge on any atom is -0.349 e. The fourth-order valence-electron chi connectivity index (χ4n) is 4.08. The van der Waals surface area contributed by atoms with E-state index in [0.29, 0.717) is 24.0 Å². The molecular weight excluding hydrogens is 390 g/mol. The first kappa shape index (κ1) is 20.5. The first-order valence-electron chi connectivity index (χ1n) is 10.4. The minimum atomic E-state index is -0.430. The number of benzene rings is 1. The summed E-state index contributed by atoms with van der Waals surface area (Å²) >= 11 is 0. The molecule has 0 saturated heterocycles. The van der Waals surface area contributed by atoms with E-state index in [1.165, 1.54) is 4.68 Å². The molecule has 7 nitrogen and oxygen atoms in total. The van der Waals surface area contributed by atoms with Crippen molar-refractivity contribution in [2.24, 2.45) is 0 Å². The third-order valence-corrected chi connectivity index (χ3v) is 5.62. The van der Waals surface area contributed by atoms with Gasteiger partial charge in [-0.2, -0.15) is 9.78 Å². The van der Waals surface area contributed by atoms with Gasteiger partial charge in [-0.1, -0.05) is 31.2 Å². The molecule has 158 valence electrons. The molecule has 1 N–H and O–H groups in total. The van der Waals surface area contributed by atoms with Crippen LogP contribution in [0.25, 0.3) is 16.5 Å². The van der Waals surface area contributed by atoms with E-state index in [9.17, 15) is 9.59 Å². The fourth-order valence-corrected chi connectivity index (χ4v) is 4.08. The summed E-state index contributed by atoms with van der Waals surface area (Å²) in [5.74, 6) is -0.101. The van der Waals surface area contributed by atoms with Crippen LogP contribution in [0.2, 0.25) is 0 Å². The lowest BCUT2D eigenvalue weighted by molar-refractivity contribution is -0.124. The van der Waals surface area contributed by atoms with Gasteiger partial charge in [-0.25, -0.2) is 0 Å². The first-order chi connectivity index (χ1) is 15.0. The molecule has 0 bridgehead atoms. The van der Waals surface area contributed by atoms with Gasteiger partial charge in [0, 0.05) is 23.0 Å². The zero-order valence-electron chi connectivity index (χ0n) is 17.9. The van der Waals surface area contributed by atoms with E-state index in [2.05, 4.69) is 15.4 Å². The topological polar surface area (TPSA) is 81.8 Å². The van der Waals surface area contributed by atoms with Crippen LogP contribution in [0.4, 0.5) is 0 Å². The number of nitrogens with one attached hydrogen (secondary N) is 1. The van der Waals surface area contributed by atoms with Crippen molar-refractivity contribution < 1.29 is 4.79 Å². The van der Waals surface area contributed by atoms with Crippen LogP contribution in [0.3, 0.4) is 0 Å². The third kappa shape index (κ3) is 3.74. The highest BCUT2D eigenvalue weighted by Gasteiger charge is 2.25. The number of para-hydroxylation sites is 1. The van der Waals surface area contributed by atoms with E-state index in [-0.39, 0.29) is 11.5 Å². The zero-order valence-corrected chi connectivity index (χ0v) is 17.9. The van der Waals surface area contributed by atoms with Crippen LogP contribution in [0.1, 0.15) is 36.5 Å². The second-order valence-electron chi connectivity index (χ2n) is 7.49. The Labute approximate surface area is 180 Å². The predicted octanol–water partition coefficient (Wildman–Crippen LogP) is 3.47. The van der Waals surface area contributed by atoms with Crippen molar-refractivity contribution in [3.05, 3.63) is 88.4 Å². The van der Waals surface area contributed by atoms with E-state index in [1.807, 2.05) is 73.9 Å². The van der Waals surface area contributed by atoms with Crippen molar-refractivity contribution in [2.45, 2.75) is 39.8 Å². The van der Waals surface area contributed by atoms with E-state index >= 15 is 0 Å². The Bertz CT molecular complexity index is 1280. The SMILES string of the molecule is CC[C@H](C(=O)NCc1ccccn1)n1c(C)c2cnn(-c3ccccc3)c(=O)c2c1C. The molecule has 0 radical (unpaired) electrons. The lowest BCUT2D eigenvalue weighted by Crippen LogP contribution is -2.33.